The Kier molecular flexibility index (Phi) is 2.05. The Labute approximate surface area is 84.3 Å². The zero-order valence-corrected chi connectivity index (χ0v) is 8.47. The van der Waals surface area contributed by atoms with Crippen LogP contribution >= 0.6 is 0 Å². The van der Waals surface area contributed by atoms with Crippen LogP contribution in [0.15, 0.2) is 0 Å². The highest BCUT2D eigenvalue weighted by Crippen LogP contribution is 2.30. The monoisotopic (exact) mass is 191 g/mol. The molecule has 0 unspecified atom stereocenters. The third kappa shape index (κ3) is 1.27. The van der Waals surface area contributed by atoms with Gasteiger partial charge in [0, 0.05) is 5.69 Å². The largest absolute Gasteiger partial charge is 0.309 e. The van der Waals surface area contributed by atoms with Crippen molar-refractivity contribution < 1.29 is 0 Å². The van der Waals surface area contributed by atoms with Crippen LogP contribution in [0.4, 0.5) is 0 Å². The van der Waals surface area contributed by atoms with Crippen LogP contribution in [0.2, 0.25) is 0 Å². The average molecular weight is 191 g/mol. The third-order valence-corrected chi connectivity index (χ3v) is 3.48. The molecule has 2 aliphatic rings. The van der Waals surface area contributed by atoms with Crippen molar-refractivity contribution in [3.63, 3.8) is 0 Å². The fourth-order valence-corrected chi connectivity index (χ4v) is 2.72. The molecule has 0 spiro atoms. The van der Waals surface area contributed by atoms with Gasteiger partial charge in [-0.1, -0.05) is 6.42 Å². The third-order valence-electron chi connectivity index (χ3n) is 3.48. The second-order valence-electron chi connectivity index (χ2n) is 4.42. The average Bonchev–Trinajstić information content (AvgIpc) is 2.79. The first-order chi connectivity index (χ1) is 6.95. The molecule has 76 valence electrons. The van der Waals surface area contributed by atoms with Crippen LogP contribution in [0, 0.1) is 0 Å². The van der Waals surface area contributed by atoms with Gasteiger partial charge in [-0.2, -0.15) is 5.10 Å². The van der Waals surface area contributed by atoms with Crippen LogP contribution in [0.1, 0.15) is 48.7 Å². The Morgan fingerprint density at radius 2 is 2.14 bits per heavy atom. The minimum Gasteiger partial charge on any atom is -0.309 e. The number of nitrogens with one attached hydrogen (secondary N) is 2. The Morgan fingerprint density at radius 1 is 1.14 bits per heavy atom. The first kappa shape index (κ1) is 8.48. The van der Waals surface area contributed by atoms with Gasteiger partial charge in [-0.05, 0) is 44.2 Å². The second-order valence-corrected chi connectivity index (χ2v) is 4.42. The molecular weight excluding hydrogens is 174 g/mol. The van der Waals surface area contributed by atoms with Crippen LogP contribution in [0.3, 0.4) is 0 Å². The summed E-state index contributed by atoms with van der Waals surface area (Å²) in [5.41, 5.74) is 4.23. The SMILES string of the molecule is C1CC[C@@H](c2n[nH]c3c2CCC3)NC1. The van der Waals surface area contributed by atoms with E-state index < -0.39 is 0 Å². The summed E-state index contributed by atoms with van der Waals surface area (Å²) in [6.07, 6.45) is 7.68. The molecule has 0 amide bonds. The molecule has 2 N–H and O–H groups in total. The number of hydrogen-bond donors (Lipinski definition) is 2. The molecule has 1 aromatic rings. The normalized spacial score (nSPS) is 26.4. The lowest BCUT2D eigenvalue weighted by Gasteiger charge is -2.22. The topological polar surface area (TPSA) is 40.7 Å². The van der Waals surface area contributed by atoms with E-state index in [4.69, 9.17) is 0 Å². The van der Waals surface area contributed by atoms with Crippen LogP contribution in [0.5, 0.6) is 0 Å². The minimum absolute atomic E-state index is 0.529. The Morgan fingerprint density at radius 3 is 3.00 bits per heavy atom. The summed E-state index contributed by atoms with van der Waals surface area (Å²) in [6.45, 7) is 1.16. The van der Waals surface area contributed by atoms with Crippen molar-refractivity contribution in [1.29, 1.82) is 0 Å². The molecule has 1 saturated heterocycles. The van der Waals surface area contributed by atoms with Gasteiger partial charge < -0.3 is 5.32 Å². The number of H-pyrrole nitrogens is 1. The van der Waals surface area contributed by atoms with Crippen molar-refractivity contribution in [2.24, 2.45) is 0 Å². The highest BCUT2D eigenvalue weighted by atomic mass is 15.1. The van der Waals surface area contributed by atoms with Gasteiger partial charge in [-0.15, -0.1) is 0 Å². The maximum absolute atomic E-state index is 4.47. The van der Waals surface area contributed by atoms with Gasteiger partial charge in [0.05, 0.1) is 11.7 Å². The number of aromatic nitrogens is 2. The van der Waals surface area contributed by atoms with E-state index in [1.54, 1.807) is 0 Å². The molecule has 0 saturated carbocycles. The second kappa shape index (κ2) is 3.39. The van der Waals surface area contributed by atoms with Crippen molar-refractivity contribution >= 4 is 0 Å². The minimum atomic E-state index is 0.529. The summed E-state index contributed by atoms with van der Waals surface area (Å²) >= 11 is 0. The molecule has 3 heteroatoms. The maximum Gasteiger partial charge on any atom is 0.0826 e. The number of aryl methyl sites for hydroxylation is 1. The number of nitrogens with zero attached hydrogens (tertiary/aromatic N) is 1. The molecule has 3 rings (SSSR count). The smallest absolute Gasteiger partial charge is 0.0826 e. The molecule has 2 heterocycles. The van der Waals surface area contributed by atoms with E-state index in [2.05, 4.69) is 15.5 Å². The molecule has 1 aromatic heterocycles. The van der Waals surface area contributed by atoms with Crippen molar-refractivity contribution in [3.05, 3.63) is 17.0 Å². The maximum atomic E-state index is 4.47. The lowest BCUT2D eigenvalue weighted by molar-refractivity contribution is 0.403. The van der Waals surface area contributed by atoms with E-state index in [0.717, 1.165) is 6.54 Å². The molecule has 0 bridgehead atoms. The Bertz CT molecular complexity index is 323. The summed E-state index contributed by atoms with van der Waals surface area (Å²) in [5, 5.41) is 11.2. The number of fused-ring (bicyclic) bond motifs is 1. The first-order valence-corrected chi connectivity index (χ1v) is 5.74. The summed E-state index contributed by atoms with van der Waals surface area (Å²) in [4.78, 5) is 0. The van der Waals surface area contributed by atoms with Crippen LogP contribution < -0.4 is 5.32 Å². The number of rotatable bonds is 1. The summed E-state index contributed by atoms with van der Waals surface area (Å²) < 4.78 is 0. The highest BCUT2D eigenvalue weighted by Gasteiger charge is 2.25. The fraction of sp³-hybridized carbons (Fsp3) is 0.727. The van der Waals surface area contributed by atoms with Crippen molar-refractivity contribution in [2.45, 2.75) is 44.6 Å². The molecule has 1 aliphatic carbocycles. The van der Waals surface area contributed by atoms with Crippen molar-refractivity contribution in [3.8, 4) is 0 Å². The molecule has 14 heavy (non-hydrogen) atoms. The fourth-order valence-electron chi connectivity index (χ4n) is 2.72. The highest BCUT2D eigenvalue weighted by molar-refractivity contribution is 5.31. The van der Waals surface area contributed by atoms with E-state index in [9.17, 15) is 0 Å². The number of aromatic amines is 1. The molecule has 1 atom stereocenters. The van der Waals surface area contributed by atoms with Crippen molar-refractivity contribution in [2.75, 3.05) is 6.54 Å². The van der Waals surface area contributed by atoms with E-state index in [1.807, 2.05) is 0 Å². The Balaban J connectivity index is 1.88. The standard InChI is InChI=1S/C11H17N3/c1-2-7-12-10(5-1)11-8-4-3-6-9(8)13-14-11/h10,12H,1-7H2,(H,13,14)/t10-/m0/s1. The van der Waals surface area contributed by atoms with Gasteiger partial charge in [-0.3, -0.25) is 5.10 Å². The molecule has 0 radical (unpaired) electrons. The molecule has 1 aliphatic heterocycles. The lowest BCUT2D eigenvalue weighted by Crippen LogP contribution is -2.27. The van der Waals surface area contributed by atoms with Gasteiger partial charge in [0.1, 0.15) is 0 Å². The molecule has 0 aromatic carbocycles. The quantitative estimate of drug-likeness (QED) is 0.709. The zero-order chi connectivity index (χ0) is 9.38. The molecule has 3 nitrogen and oxygen atoms in total. The van der Waals surface area contributed by atoms with Gasteiger partial charge in [0.2, 0.25) is 0 Å². The predicted molar refractivity (Wildman–Crippen MR) is 55.2 cm³/mol. The van der Waals surface area contributed by atoms with Gasteiger partial charge in [-0.25, -0.2) is 0 Å². The molecular formula is C11H17N3. The summed E-state index contributed by atoms with van der Waals surface area (Å²) in [5.74, 6) is 0. The molecule has 1 fully saturated rings. The lowest BCUT2D eigenvalue weighted by atomic mass is 9.99. The van der Waals surface area contributed by atoms with E-state index in [1.165, 1.54) is 55.5 Å². The zero-order valence-electron chi connectivity index (χ0n) is 8.47. The number of hydrogen-bond acceptors (Lipinski definition) is 2. The number of piperidine rings is 1. The van der Waals surface area contributed by atoms with E-state index in [0.29, 0.717) is 6.04 Å². The van der Waals surface area contributed by atoms with E-state index >= 15 is 0 Å². The van der Waals surface area contributed by atoms with Crippen molar-refractivity contribution in [1.82, 2.24) is 15.5 Å². The van der Waals surface area contributed by atoms with Gasteiger partial charge in [0.25, 0.3) is 0 Å². The van der Waals surface area contributed by atoms with Crippen LogP contribution in [0.25, 0.3) is 0 Å². The van der Waals surface area contributed by atoms with Gasteiger partial charge >= 0.3 is 0 Å². The van der Waals surface area contributed by atoms with Gasteiger partial charge in [0.15, 0.2) is 0 Å². The first-order valence-electron chi connectivity index (χ1n) is 5.74. The predicted octanol–water partition coefficient (Wildman–Crippen LogP) is 1.71. The van der Waals surface area contributed by atoms with E-state index in [-0.39, 0.29) is 0 Å². The van der Waals surface area contributed by atoms with Crippen LogP contribution in [-0.4, -0.2) is 16.7 Å². The summed E-state index contributed by atoms with van der Waals surface area (Å²) in [7, 11) is 0. The van der Waals surface area contributed by atoms with Crippen LogP contribution in [-0.2, 0) is 12.8 Å². The Hall–Kier alpha value is -0.830. The summed E-state index contributed by atoms with van der Waals surface area (Å²) in [6, 6.07) is 0.529.